The number of halogens is 1. The number of nitrogens with one attached hydrogen (secondary N) is 3. The first-order valence-corrected chi connectivity index (χ1v) is 12.5. The SMILES string of the molecule is Cc1cc(Nc2ccc(F)cc2)c(C=N)cc1C1CN(SC2=NN(C)NC2)CCN1C(=O)C(C)C. The summed E-state index contributed by atoms with van der Waals surface area (Å²) < 4.78 is 15.6. The molecule has 2 aromatic rings. The van der Waals surface area contributed by atoms with Gasteiger partial charge < -0.3 is 15.6 Å². The number of carbonyl (C=O) groups is 1. The third-order valence-electron chi connectivity index (χ3n) is 6.15. The fourth-order valence-electron chi connectivity index (χ4n) is 4.34. The molecule has 0 spiro atoms. The van der Waals surface area contributed by atoms with E-state index in [0.717, 1.165) is 34.1 Å². The van der Waals surface area contributed by atoms with Crippen LogP contribution in [0.3, 0.4) is 0 Å². The van der Waals surface area contributed by atoms with Crippen LogP contribution in [0.25, 0.3) is 0 Å². The van der Waals surface area contributed by atoms with Crippen LogP contribution in [0.15, 0.2) is 41.5 Å². The first-order chi connectivity index (χ1) is 16.7. The van der Waals surface area contributed by atoms with E-state index in [2.05, 4.69) is 20.1 Å². The molecule has 4 rings (SSSR count). The summed E-state index contributed by atoms with van der Waals surface area (Å²) in [4.78, 5) is 15.1. The monoisotopic (exact) mass is 497 g/mol. The van der Waals surface area contributed by atoms with Gasteiger partial charge in [0.2, 0.25) is 5.91 Å². The van der Waals surface area contributed by atoms with E-state index in [1.165, 1.54) is 18.3 Å². The number of hydrazine groups is 1. The van der Waals surface area contributed by atoms with Crippen molar-refractivity contribution in [3.8, 4) is 0 Å². The zero-order chi connectivity index (χ0) is 25.1. The molecule has 1 saturated heterocycles. The van der Waals surface area contributed by atoms with Gasteiger partial charge in [0.05, 0.1) is 12.6 Å². The van der Waals surface area contributed by atoms with E-state index < -0.39 is 0 Å². The van der Waals surface area contributed by atoms with Crippen LogP contribution in [-0.2, 0) is 4.79 Å². The number of anilines is 2. The number of hydrazone groups is 1. The molecule has 35 heavy (non-hydrogen) atoms. The number of hydrogen-bond acceptors (Lipinski definition) is 8. The van der Waals surface area contributed by atoms with Crippen LogP contribution >= 0.6 is 11.9 Å². The predicted octanol–water partition coefficient (Wildman–Crippen LogP) is 4.13. The molecule has 2 heterocycles. The van der Waals surface area contributed by atoms with E-state index in [-0.39, 0.29) is 23.7 Å². The van der Waals surface area contributed by atoms with E-state index >= 15 is 0 Å². The molecular weight excluding hydrogens is 465 g/mol. The molecule has 0 bridgehead atoms. The molecule has 1 amide bonds. The van der Waals surface area contributed by atoms with Crippen LogP contribution in [0.1, 0.15) is 36.6 Å². The van der Waals surface area contributed by atoms with Crippen LogP contribution in [-0.4, -0.2) is 64.7 Å². The van der Waals surface area contributed by atoms with Crippen molar-refractivity contribution in [3.63, 3.8) is 0 Å². The Balaban J connectivity index is 1.64. The highest BCUT2D eigenvalue weighted by atomic mass is 32.2. The summed E-state index contributed by atoms with van der Waals surface area (Å²) in [6.45, 7) is 8.63. The fourth-order valence-corrected chi connectivity index (χ4v) is 5.31. The molecule has 186 valence electrons. The van der Waals surface area contributed by atoms with Crippen molar-refractivity contribution in [2.24, 2.45) is 11.0 Å². The fraction of sp³-hybridized carbons (Fsp3) is 0.400. The van der Waals surface area contributed by atoms with Crippen LogP contribution in [0, 0.1) is 24.1 Å². The third-order valence-corrected chi connectivity index (χ3v) is 7.18. The maximum Gasteiger partial charge on any atom is 0.225 e. The molecule has 2 aliphatic heterocycles. The van der Waals surface area contributed by atoms with Gasteiger partial charge in [0, 0.05) is 55.8 Å². The molecule has 0 aromatic heterocycles. The standard InChI is InChI=1S/C25H32FN7OS/c1-16(2)25(34)33-10-9-32(35-24-14-28-31(4)30-24)15-23(33)21-12-18(13-27)22(11-17(21)3)29-20-7-5-19(26)6-8-20/h5-8,11-13,16,23,27-29H,9-10,14-15H2,1-4H3. The lowest BCUT2D eigenvalue weighted by Crippen LogP contribution is -2.50. The number of piperazine rings is 1. The Hall–Kier alpha value is -2.95. The Kier molecular flexibility index (Phi) is 7.73. The normalized spacial score (nSPS) is 18.7. The van der Waals surface area contributed by atoms with Gasteiger partial charge in [0.15, 0.2) is 0 Å². The Labute approximate surface area is 210 Å². The number of nitrogens with zero attached hydrogens (tertiary/aromatic N) is 4. The molecule has 1 unspecified atom stereocenters. The zero-order valence-electron chi connectivity index (χ0n) is 20.5. The highest BCUT2D eigenvalue weighted by molar-refractivity contribution is 8.12. The second-order valence-corrected chi connectivity index (χ2v) is 10.3. The van der Waals surface area contributed by atoms with E-state index in [1.54, 1.807) is 29.2 Å². The smallest absolute Gasteiger partial charge is 0.225 e. The predicted molar refractivity (Wildman–Crippen MR) is 140 cm³/mol. The van der Waals surface area contributed by atoms with Gasteiger partial charge in [-0.15, -0.1) is 0 Å². The van der Waals surface area contributed by atoms with Gasteiger partial charge in [-0.3, -0.25) is 4.79 Å². The van der Waals surface area contributed by atoms with Crippen LogP contribution < -0.4 is 10.7 Å². The second-order valence-electron chi connectivity index (χ2n) is 9.11. The Morgan fingerprint density at radius 1 is 1.29 bits per heavy atom. The van der Waals surface area contributed by atoms with Crippen molar-refractivity contribution in [1.82, 2.24) is 19.7 Å². The van der Waals surface area contributed by atoms with Crippen molar-refractivity contribution >= 4 is 40.5 Å². The average molecular weight is 498 g/mol. The highest BCUT2D eigenvalue weighted by Crippen LogP contribution is 2.35. The topological polar surface area (TPSA) is 87.1 Å². The van der Waals surface area contributed by atoms with Crippen LogP contribution in [0.5, 0.6) is 0 Å². The van der Waals surface area contributed by atoms with Gasteiger partial charge in [0.1, 0.15) is 10.9 Å². The zero-order valence-corrected chi connectivity index (χ0v) is 21.3. The summed E-state index contributed by atoms with van der Waals surface area (Å²) in [6, 6.07) is 10.0. The second kappa shape index (κ2) is 10.8. The number of rotatable bonds is 6. The van der Waals surface area contributed by atoms with Crippen LogP contribution in [0.2, 0.25) is 0 Å². The third kappa shape index (κ3) is 5.83. The summed E-state index contributed by atoms with van der Waals surface area (Å²) in [5.41, 5.74) is 7.44. The summed E-state index contributed by atoms with van der Waals surface area (Å²) in [6.07, 6.45) is 1.31. The van der Waals surface area contributed by atoms with E-state index in [1.807, 2.05) is 44.9 Å². The number of carbonyl (C=O) groups excluding carboxylic acids is 1. The van der Waals surface area contributed by atoms with Crippen LogP contribution in [0.4, 0.5) is 15.8 Å². The number of hydrogen-bond donors (Lipinski definition) is 3. The summed E-state index contributed by atoms with van der Waals surface area (Å²) in [7, 11) is 1.87. The number of amides is 1. The lowest BCUT2D eigenvalue weighted by Gasteiger charge is -2.42. The lowest BCUT2D eigenvalue weighted by atomic mass is 9.94. The van der Waals surface area contributed by atoms with Gasteiger partial charge in [-0.2, -0.15) is 5.10 Å². The Bertz CT molecular complexity index is 1120. The molecule has 0 saturated carbocycles. The summed E-state index contributed by atoms with van der Waals surface area (Å²) in [5, 5.41) is 18.5. The van der Waals surface area contributed by atoms with Crippen molar-refractivity contribution in [2.75, 3.05) is 38.5 Å². The van der Waals surface area contributed by atoms with Gasteiger partial charge >= 0.3 is 0 Å². The molecule has 1 atom stereocenters. The molecule has 1 fully saturated rings. The van der Waals surface area contributed by atoms with Gasteiger partial charge in [-0.1, -0.05) is 13.8 Å². The van der Waals surface area contributed by atoms with E-state index in [0.29, 0.717) is 25.2 Å². The first kappa shape index (κ1) is 25.2. The van der Waals surface area contributed by atoms with Crippen molar-refractivity contribution in [2.45, 2.75) is 26.8 Å². The average Bonchev–Trinajstić information content (AvgIpc) is 3.24. The molecule has 0 aliphatic carbocycles. The maximum absolute atomic E-state index is 13.3. The summed E-state index contributed by atoms with van der Waals surface area (Å²) in [5.74, 6) is -0.269. The lowest BCUT2D eigenvalue weighted by molar-refractivity contribution is -0.138. The Morgan fingerprint density at radius 3 is 2.66 bits per heavy atom. The van der Waals surface area contributed by atoms with Gasteiger partial charge in [-0.25, -0.2) is 19.2 Å². The largest absolute Gasteiger partial charge is 0.355 e. The molecule has 2 aromatic carbocycles. The number of aryl methyl sites for hydroxylation is 1. The minimum Gasteiger partial charge on any atom is -0.355 e. The molecule has 2 aliphatic rings. The number of benzene rings is 2. The van der Waals surface area contributed by atoms with Crippen molar-refractivity contribution in [3.05, 3.63) is 58.9 Å². The minimum absolute atomic E-state index is 0.101. The minimum atomic E-state index is -0.296. The Morgan fingerprint density at radius 2 is 2.03 bits per heavy atom. The molecular formula is C25H32FN7OS. The summed E-state index contributed by atoms with van der Waals surface area (Å²) >= 11 is 1.63. The molecule has 0 radical (unpaired) electrons. The molecule has 10 heteroatoms. The molecule has 3 N–H and O–H groups in total. The van der Waals surface area contributed by atoms with Gasteiger partial charge in [0.25, 0.3) is 0 Å². The van der Waals surface area contributed by atoms with E-state index in [9.17, 15) is 9.18 Å². The first-order valence-electron chi connectivity index (χ1n) is 11.7. The van der Waals surface area contributed by atoms with Crippen molar-refractivity contribution in [1.29, 1.82) is 5.41 Å². The van der Waals surface area contributed by atoms with Gasteiger partial charge in [-0.05, 0) is 66.4 Å². The maximum atomic E-state index is 13.3. The quantitative estimate of drug-likeness (QED) is 0.411. The van der Waals surface area contributed by atoms with Crippen molar-refractivity contribution < 1.29 is 9.18 Å². The highest BCUT2D eigenvalue weighted by Gasteiger charge is 2.35. The molecule has 8 nitrogen and oxygen atoms in total. The van der Waals surface area contributed by atoms with E-state index in [4.69, 9.17) is 5.41 Å².